The predicted octanol–water partition coefficient (Wildman–Crippen LogP) is 0.781. The first-order chi connectivity index (χ1) is 18.6. The summed E-state index contributed by atoms with van der Waals surface area (Å²) in [5.41, 5.74) is 0. The number of cyclic esters (lactones) is 1. The van der Waals surface area contributed by atoms with Gasteiger partial charge in [-0.05, 0) is 37.0 Å². The normalized spacial score (nSPS) is 27.4. The third-order valence-electron chi connectivity index (χ3n) is 6.95. The Morgan fingerprint density at radius 1 is 0.750 bits per heavy atom. The van der Waals surface area contributed by atoms with Gasteiger partial charge in [0.1, 0.15) is 30.3 Å². The first-order valence-electron chi connectivity index (χ1n) is 14.2. The number of amides is 5. The van der Waals surface area contributed by atoms with Crippen molar-refractivity contribution in [1.29, 1.82) is 0 Å². The van der Waals surface area contributed by atoms with Crippen LogP contribution < -0.4 is 26.6 Å². The second-order valence-corrected chi connectivity index (χ2v) is 11.8. The summed E-state index contributed by atoms with van der Waals surface area (Å²) in [6.07, 6.45) is -0.0528. The lowest BCUT2D eigenvalue weighted by Gasteiger charge is -2.28. The number of carbonyl (C=O) groups is 6. The van der Waals surface area contributed by atoms with Crippen molar-refractivity contribution in [2.75, 3.05) is 6.54 Å². The second kappa shape index (κ2) is 16.2. The standard InChI is InChI=1S/C28H49N5O7/c1-10-17(8)20-12-21(34)29-13-22(35)32-23(15(4)5)27(38)31-19(11-14(2)3)26(37)30-18(9)25(36)33-24(16(6)7)28(39)40-20/h14-20,23-24H,10-13H2,1-9H3,(H,29,34)(H,30,37)(H,31,38)(H,32,35)(H,33,36). The molecule has 12 heteroatoms. The average Bonchev–Trinajstić information content (AvgIpc) is 2.86. The van der Waals surface area contributed by atoms with E-state index in [4.69, 9.17) is 4.74 Å². The van der Waals surface area contributed by atoms with Crippen LogP contribution in [0.2, 0.25) is 0 Å². The highest BCUT2D eigenvalue weighted by molar-refractivity contribution is 5.95. The fourth-order valence-corrected chi connectivity index (χ4v) is 4.16. The minimum atomic E-state index is -1.02. The van der Waals surface area contributed by atoms with Crippen molar-refractivity contribution >= 4 is 35.5 Å². The van der Waals surface area contributed by atoms with Crippen LogP contribution in [-0.2, 0) is 33.5 Å². The van der Waals surface area contributed by atoms with E-state index in [9.17, 15) is 28.8 Å². The van der Waals surface area contributed by atoms with Gasteiger partial charge in [-0.3, -0.25) is 24.0 Å². The van der Waals surface area contributed by atoms with Gasteiger partial charge >= 0.3 is 5.97 Å². The molecule has 1 aliphatic heterocycles. The maximum Gasteiger partial charge on any atom is 0.329 e. The molecule has 0 aromatic rings. The maximum atomic E-state index is 13.2. The molecule has 5 amide bonds. The number of carbonyl (C=O) groups excluding carboxylic acids is 6. The van der Waals surface area contributed by atoms with E-state index >= 15 is 0 Å². The van der Waals surface area contributed by atoms with E-state index in [1.54, 1.807) is 27.7 Å². The van der Waals surface area contributed by atoms with E-state index in [2.05, 4.69) is 26.6 Å². The van der Waals surface area contributed by atoms with Gasteiger partial charge in [-0.15, -0.1) is 0 Å². The van der Waals surface area contributed by atoms with Crippen molar-refractivity contribution in [2.45, 2.75) is 112 Å². The summed E-state index contributed by atoms with van der Waals surface area (Å²) in [5.74, 6) is -4.29. The van der Waals surface area contributed by atoms with Crippen LogP contribution in [0.25, 0.3) is 0 Å². The smallest absolute Gasteiger partial charge is 0.329 e. The van der Waals surface area contributed by atoms with Gasteiger partial charge in [0.25, 0.3) is 0 Å². The molecular formula is C28H49N5O7. The second-order valence-electron chi connectivity index (χ2n) is 11.8. The number of hydrogen-bond acceptors (Lipinski definition) is 7. The molecular weight excluding hydrogens is 518 g/mol. The highest BCUT2D eigenvalue weighted by Gasteiger charge is 2.34. The highest BCUT2D eigenvalue weighted by atomic mass is 16.5. The Morgan fingerprint density at radius 3 is 1.88 bits per heavy atom. The quantitative estimate of drug-likeness (QED) is 0.295. The molecule has 5 N–H and O–H groups in total. The minimum Gasteiger partial charge on any atom is -0.460 e. The Bertz CT molecular complexity index is 921. The zero-order valence-corrected chi connectivity index (χ0v) is 25.4. The number of rotatable bonds is 6. The molecule has 1 saturated heterocycles. The summed E-state index contributed by atoms with van der Waals surface area (Å²) in [6, 6.07) is -3.97. The molecule has 1 aliphatic rings. The van der Waals surface area contributed by atoms with Crippen LogP contribution in [0.1, 0.15) is 81.6 Å². The Morgan fingerprint density at radius 2 is 1.35 bits per heavy atom. The summed E-state index contributed by atoms with van der Waals surface area (Å²) >= 11 is 0. The Labute approximate surface area is 237 Å². The van der Waals surface area contributed by atoms with Crippen molar-refractivity contribution < 1.29 is 33.5 Å². The van der Waals surface area contributed by atoms with Gasteiger partial charge in [0.15, 0.2) is 0 Å². The third kappa shape index (κ3) is 11.1. The van der Waals surface area contributed by atoms with Crippen LogP contribution in [0.3, 0.4) is 0 Å². The third-order valence-corrected chi connectivity index (χ3v) is 6.95. The molecule has 0 aliphatic carbocycles. The lowest BCUT2D eigenvalue weighted by atomic mass is 9.98. The van der Waals surface area contributed by atoms with Crippen LogP contribution in [0, 0.1) is 23.7 Å². The first-order valence-corrected chi connectivity index (χ1v) is 14.2. The molecule has 0 aromatic carbocycles. The molecule has 1 heterocycles. The van der Waals surface area contributed by atoms with E-state index in [0.717, 1.165) is 0 Å². The molecule has 0 bridgehead atoms. The highest BCUT2D eigenvalue weighted by Crippen LogP contribution is 2.18. The van der Waals surface area contributed by atoms with Crippen molar-refractivity contribution in [1.82, 2.24) is 26.6 Å². The fraction of sp³-hybridized carbons (Fsp3) is 0.786. The Hall–Kier alpha value is -3.18. The van der Waals surface area contributed by atoms with E-state index in [1.165, 1.54) is 6.92 Å². The van der Waals surface area contributed by atoms with Gasteiger partial charge in [0.2, 0.25) is 29.5 Å². The minimum absolute atomic E-state index is 0.0302. The summed E-state index contributed by atoms with van der Waals surface area (Å²) in [7, 11) is 0. The van der Waals surface area contributed by atoms with E-state index in [0.29, 0.717) is 12.8 Å². The molecule has 0 radical (unpaired) electrons. The van der Waals surface area contributed by atoms with Crippen molar-refractivity contribution in [3.63, 3.8) is 0 Å². The lowest BCUT2D eigenvalue weighted by Crippen LogP contribution is -2.58. The van der Waals surface area contributed by atoms with Gasteiger partial charge in [0, 0.05) is 0 Å². The van der Waals surface area contributed by atoms with Gasteiger partial charge in [-0.1, -0.05) is 61.8 Å². The van der Waals surface area contributed by atoms with Crippen molar-refractivity contribution in [3.8, 4) is 0 Å². The molecule has 0 spiro atoms. The van der Waals surface area contributed by atoms with Gasteiger partial charge < -0.3 is 31.3 Å². The first kappa shape index (κ1) is 34.8. The van der Waals surface area contributed by atoms with Crippen LogP contribution in [0.4, 0.5) is 0 Å². The summed E-state index contributed by atoms with van der Waals surface area (Å²) < 4.78 is 5.71. The molecule has 40 heavy (non-hydrogen) atoms. The van der Waals surface area contributed by atoms with E-state index < -0.39 is 65.8 Å². The lowest BCUT2D eigenvalue weighted by molar-refractivity contribution is -0.158. The molecule has 6 atom stereocenters. The zero-order valence-electron chi connectivity index (χ0n) is 25.4. The zero-order chi connectivity index (χ0) is 30.7. The maximum absolute atomic E-state index is 13.2. The molecule has 6 unspecified atom stereocenters. The summed E-state index contributed by atoms with van der Waals surface area (Å²) in [4.78, 5) is 77.8. The Kier molecular flexibility index (Phi) is 14.1. The molecule has 12 nitrogen and oxygen atoms in total. The van der Waals surface area contributed by atoms with Crippen LogP contribution in [0.5, 0.6) is 0 Å². The van der Waals surface area contributed by atoms with Crippen molar-refractivity contribution in [3.05, 3.63) is 0 Å². The average molecular weight is 568 g/mol. The molecule has 1 rings (SSSR count). The molecule has 0 aromatic heterocycles. The van der Waals surface area contributed by atoms with Gasteiger partial charge in [0.05, 0.1) is 13.0 Å². The number of esters is 1. The molecule has 228 valence electrons. The van der Waals surface area contributed by atoms with Gasteiger partial charge in [-0.25, -0.2) is 4.79 Å². The van der Waals surface area contributed by atoms with Crippen molar-refractivity contribution in [2.24, 2.45) is 23.7 Å². The van der Waals surface area contributed by atoms with Gasteiger partial charge in [-0.2, -0.15) is 0 Å². The summed E-state index contributed by atoms with van der Waals surface area (Å²) in [5, 5.41) is 13.2. The molecule has 1 fully saturated rings. The van der Waals surface area contributed by atoms with Crippen LogP contribution in [-0.4, -0.2) is 72.3 Å². The SMILES string of the molecule is CCC(C)C1CC(=O)NCC(=O)NC(C(C)C)C(=O)NC(CC(C)C)C(=O)NC(C)C(=O)NC(C(C)C)C(=O)O1. The molecule has 0 saturated carbocycles. The fourth-order valence-electron chi connectivity index (χ4n) is 4.16. The predicted molar refractivity (Wildman–Crippen MR) is 149 cm³/mol. The largest absolute Gasteiger partial charge is 0.460 e. The Balaban J connectivity index is 3.39. The van der Waals surface area contributed by atoms with Crippen LogP contribution in [0.15, 0.2) is 0 Å². The summed E-state index contributed by atoms with van der Waals surface area (Å²) in [6.45, 7) is 15.6. The number of nitrogens with one attached hydrogen (secondary N) is 5. The number of ether oxygens (including phenoxy) is 1. The number of hydrogen-bond donors (Lipinski definition) is 5. The topological polar surface area (TPSA) is 172 Å². The monoisotopic (exact) mass is 567 g/mol. The van der Waals surface area contributed by atoms with E-state index in [1.807, 2.05) is 27.7 Å². The van der Waals surface area contributed by atoms with Crippen LogP contribution >= 0.6 is 0 Å². The van der Waals surface area contributed by atoms with E-state index in [-0.39, 0.29) is 36.6 Å².